The van der Waals surface area contributed by atoms with E-state index in [1.54, 1.807) is 4.90 Å². The number of ether oxygens (including phenoxy) is 1. The van der Waals surface area contributed by atoms with E-state index in [9.17, 15) is 18.4 Å². The number of nitrogens with one attached hydrogen (secondary N) is 1. The topological polar surface area (TPSA) is 71.5 Å². The molecule has 2 amide bonds. The molecule has 1 fully saturated rings. The number of fused-ring (bicyclic) bond motifs is 1. The molecule has 3 rings (SSSR count). The van der Waals surface area contributed by atoms with Crippen molar-refractivity contribution in [2.45, 2.75) is 39.0 Å². The number of likely N-dealkylation sites (tertiary alicyclic amines) is 1. The first-order chi connectivity index (χ1) is 12.8. The van der Waals surface area contributed by atoms with E-state index in [-0.39, 0.29) is 29.7 Å². The third kappa shape index (κ3) is 4.10. The van der Waals surface area contributed by atoms with Gasteiger partial charge in [-0.2, -0.15) is 8.78 Å². The Labute approximate surface area is 160 Å². The van der Waals surface area contributed by atoms with Crippen LogP contribution in [0.5, 0.6) is 5.75 Å². The fraction of sp³-hybridized carbons (Fsp3) is 0.389. The van der Waals surface area contributed by atoms with E-state index in [4.69, 9.17) is 11.6 Å². The zero-order valence-corrected chi connectivity index (χ0v) is 15.5. The molecule has 0 bridgehead atoms. The van der Waals surface area contributed by atoms with E-state index in [0.717, 1.165) is 0 Å². The second kappa shape index (κ2) is 7.64. The van der Waals surface area contributed by atoms with Crippen molar-refractivity contribution in [2.24, 2.45) is 0 Å². The van der Waals surface area contributed by atoms with Crippen molar-refractivity contribution in [3.8, 4) is 5.75 Å². The van der Waals surface area contributed by atoms with Crippen molar-refractivity contribution in [2.75, 3.05) is 6.54 Å². The Morgan fingerprint density at radius 2 is 2.15 bits per heavy atom. The van der Waals surface area contributed by atoms with Crippen LogP contribution in [0.1, 0.15) is 32.1 Å². The maximum absolute atomic E-state index is 12.5. The molecule has 1 N–H and O–H groups in total. The number of carbonyl (C=O) groups excluding carboxylic acids is 2. The number of alkyl halides is 2. The summed E-state index contributed by atoms with van der Waals surface area (Å²) >= 11 is 5.94. The predicted octanol–water partition coefficient (Wildman–Crippen LogP) is 3.47. The van der Waals surface area contributed by atoms with Gasteiger partial charge in [0.2, 0.25) is 5.91 Å². The molecule has 0 spiro atoms. The molecule has 1 atom stereocenters. The molecule has 146 valence electrons. The van der Waals surface area contributed by atoms with Crippen LogP contribution in [0.3, 0.4) is 0 Å². The van der Waals surface area contributed by atoms with Crippen molar-refractivity contribution in [1.82, 2.24) is 15.2 Å². The molecule has 1 aliphatic rings. The lowest BCUT2D eigenvalue weighted by Gasteiger charge is -2.21. The SMILES string of the molecule is CC(C)N1CC[C@H](NC(=O)c2cnc3cc(OC(F)F)c(Cl)cc3c2)C1=O.[HH]. The Balaban J connectivity index is 0.00000280. The maximum atomic E-state index is 12.5. The Morgan fingerprint density at radius 3 is 2.78 bits per heavy atom. The van der Waals surface area contributed by atoms with E-state index < -0.39 is 18.6 Å². The van der Waals surface area contributed by atoms with Gasteiger partial charge in [0.1, 0.15) is 11.8 Å². The monoisotopic (exact) mass is 399 g/mol. The highest BCUT2D eigenvalue weighted by molar-refractivity contribution is 6.32. The number of hydrogen-bond donors (Lipinski definition) is 1. The summed E-state index contributed by atoms with van der Waals surface area (Å²) in [7, 11) is 0. The van der Waals surface area contributed by atoms with Crippen LogP contribution in [0.15, 0.2) is 24.4 Å². The third-order valence-electron chi connectivity index (χ3n) is 4.38. The average Bonchev–Trinajstić information content (AvgIpc) is 2.95. The van der Waals surface area contributed by atoms with E-state index in [1.807, 2.05) is 13.8 Å². The summed E-state index contributed by atoms with van der Waals surface area (Å²) in [6, 6.07) is 3.73. The molecule has 0 radical (unpaired) electrons. The average molecular weight is 400 g/mol. The van der Waals surface area contributed by atoms with Crippen LogP contribution in [-0.4, -0.2) is 46.9 Å². The van der Waals surface area contributed by atoms with Gasteiger partial charge in [0.05, 0.1) is 16.1 Å². The summed E-state index contributed by atoms with van der Waals surface area (Å²) in [6.45, 7) is 1.44. The van der Waals surface area contributed by atoms with Crippen molar-refractivity contribution in [1.29, 1.82) is 0 Å². The quantitative estimate of drug-likeness (QED) is 0.835. The Bertz CT molecular complexity index is 898. The van der Waals surface area contributed by atoms with E-state index in [1.165, 1.54) is 24.4 Å². The molecule has 9 heteroatoms. The molecular weight excluding hydrogens is 380 g/mol. The van der Waals surface area contributed by atoms with Gasteiger partial charge < -0.3 is 15.0 Å². The van der Waals surface area contributed by atoms with Crippen LogP contribution in [0.2, 0.25) is 5.02 Å². The maximum Gasteiger partial charge on any atom is 0.387 e. The fourth-order valence-electron chi connectivity index (χ4n) is 3.03. The number of pyridine rings is 1. The predicted molar refractivity (Wildman–Crippen MR) is 98.2 cm³/mol. The molecule has 1 aromatic carbocycles. The van der Waals surface area contributed by atoms with Crippen LogP contribution in [0.4, 0.5) is 8.78 Å². The summed E-state index contributed by atoms with van der Waals surface area (Å²) < 4.78 is 29.1. The lowest BCUT2D eigenvalue weighted by atomic mass is 10.1. The van der Waals surface area contributed by atoms with Crippen molar-refractivity contribution < 1.29 is 24.5 Å². The standard InChI is InChI=1S/C18H18ClF2N3O3.H2/c1-9(2)24-4-3-13(17(24)26)23-16(25)11-5-10-6-12(19)15(27-18(20)21)7-14(10)22-8-11;/h5-9,13,18H,3-4H2,1-2H3,(H,23,25);1H/t13-;/m0./s1. The molecule has 27 heavy (non-hydrogen) atoms. The number of hydrogen-bond acceptors (Lipinski definition) is 4. The largest absolute Gasteiger partial charge is 0.433 e. The molecule has 1 saturated heterocycles. The van der Waals surface area contributed by atoms with Crippen LogP contribution in [0, 0.1) is 0 Å². The highest BCUT2D eigenvalue weighted by Crippen LogP contribution is 2.30. The number of halogens is 3. The minimum absolute atomic E-state index is 0. The first-order valence-corrected chi connectivity index (χ1v) is 8.79. The Morgan fingerprint density at radius 1 is 1.41 bits per heavy atom. The van der Waals surface area contributed by atoms with E-state index in [2.05, 4.69) is 15.0 Å². The van der Waals surface area contributed by atoms with Crippen LogP contribution < -0.4 is 10.1 Å². The minimum atomic E-state index is -3.00. The smallest absolute Gasteiger partial charge is 0.387 e. The van der Waals surface area contributed by atoms with Gasteiger partial charge in [-0.1, -0.05) is 11.6 Å². The summed E-state index contributed by atoms with van der Waals surface area (Å²) in [5.41, 5.74) is 0.603. The van der Waals surface area contributed by atoms with Gasteiger partial charge in [-0.25, -0.2) is 0 Å². The van der Waals surface area contributed by atoms with E-state index >= 15 is 0 Å². The number of benzene rings is 1. The van der Waals surface area contributed by atoms with Crippen LogP contribution in [-0.2, 0) is 4.79 Å². The van der Waals surface area contributed by atoms with Crippen molar-refractivity contribution >= 4 is 34.3 Å². The zero-order valence-electron chi connectivity index (χ0n) is 14.7. The highest BCUT2D eigenvalue weighted by atomic mass is 35.5. The lowest BCUT2D eigenvalue weighted by Crippen LogP contribution is -2.43. The Kier molecular flexibility index (Phi) is 5.46. The van der Waals surface area contributed by atoms with Crippen molar-refractivity contribution in [3.63, 3.8) is 0 Å². The van der Waals surface area contributed by atoms with Gasteiger partial charge in [-0.3, -0.25) is 14.6 Å². The molecule has 1 aliphatic heterocycles. The fourth-order valence-corrected chi connectivity index (χ4v) is 3.25. The normalized spacial score (nSPS) is 17.2. The molecule has 1 aromatic heterocycles. The molecular formula is C18H20ClF2N3O3. The van der Waals surface area contributed by atoms with Crippen molar-refractivity contribution in [3.05, 3.63) is 35.0 Å². The molecule has 2 heterocycles. The summed E-state index contributed by atoms with van der Waals surface area (Å²) in [5, 5.41) is 3.20. The van der Waals surface area contributed by atoms with Gasteiger partial charge in [0.25, 0.3) is 5.91 Å². The highest BCUT2D eigenvalue weighted by Gasteiger charge is 2.34. The van der Waals surface area contributed by atoms with Gasteiger partial charge in [-0.15, -0.1) is 0 Å². The number of amides is 2. The second-order valence-corrected chi connectivity index (χ2v) is 6.93. The van der Waals surface area contributed by atoms with Crippen LogP contribution in [0.25, 0.3) is 10.9 Å². The van der Waals surface area contributed by atoms with Gasteiger partial charge in [-0.05, 0) is 32.4 Å². The molecule has 2 aromatic rings. The zero-order chi connectivity index (χ0) is 19.7. The molecule has 6 nitrogen and oxygen atoms in total. The minimum Gasteiger partial charge on any atom is -0.433 e. The van der Waals surface area contributed by atoms with Gasteiger partial charge >= 0.3 is 6.61 Å². The van der Waals surface area contributed by atoms with E-state index in [0.29, 0.717) is 23.9 Å². The van der Waals surface area contributed by atoms with Gasteiger partial charge in [0.15, 0.2) is 0 Å². The molecule has 0 unspecified atom stereocenters. The van der Waals surface area contributed by atoms with Gasteiger partial charge in [0, 0.05) is 31.7 Å². The second-order valence-electron chi connectivity index (χ2n) is 6.52. The number of rotatable bonds is 5. The summed E-state index contributed by atoms with van der Waals surface area (Å²) in [4.78, 5) is 30.6. The molecule has 0 aliphatic carbocycles. The number of aromatic nitrogens is 1. The lowest BCUT2D eigenvalue weighted by molar-refractivity contribution is -0.130. The van der Waals surface area contributed by atoms with Crippen LogP contribution >= 0.6 is 11.6 Å². The first-order valence-electron chi connectivity index (χ1n) is 8.41. The summed E-state index contributed by atoms with van der Waals surface area (Å²) in [5.74, 6) is -0.726. The summed E-state index contributed by atoms with van der Waals surface area (Å²) in [6.07, 6.45) is 1.86. The third-order valence-corrected chi connectivity index (χ3v) is 4.68. The molecule has 0 saturated carbocycles. The first kappa shape index (κ1) is 19.3. The Hall–Kier alpha value is -2.48. The number of carbonyl (C=O) groups is 2. The number of nitrogens with zero attached hydrogens (tertiary/aromatic N) is 2.